The number of quaternary nitrogens is 1. The minimum atomic E-state index is 0.476. The van der Waals surface area contributed by atoms with E-state index in [0.29, 0.717) is 10.7 Å². The lowest BCUT2D eigenvalue weighted by Crippen LogP contribution is -2.70. The summed E-state index contributed by atoms with van der Waals surface area (Å²) in [6.45, 7) is 0. The Morgan fingerprint density at radius 2 is 2.20 bits per heavy atom. The molecule has 0 unspecified atom stereocenters. The Morgan fingerprint density at radius 1 is 1.50 bits per heavy atom. The molecule has 2 N–H and O–H groups in total. The highest BCUT2D eigenvalue weighted by Gasteiger charge is 1.98. The van der Waals surface area contributed by atoms with Crippen LogP contribution in [-0.4, -0.2) is 0 Å². The lowest BCUT2D eigenvalue weighted by atomic mass is 10.3. The third kappa shape index (κ3) is 1.70. The van der Waals surface area contributed by atoms with Gasteiger partial charge in [-0.1, -0.05) is 27.5 Å². The maximum atomic E-state index is 10.2. The molecule has 10 heavy (non-hydrogen) atoms. The standard InChI is InChI=1S/C6H5BrClNO/c7-4-1-2-6(9-10)5(8)3-4/h1-3H,9H2. The number of rotatable bonds is 1. The predicted molar refractivity (Wildman–Crippen MR) is 44.1 cm³/mol. The van der Waals surface area contributed by atoms with Crippen molar-refractivity contribution < 1.29 is 5.48 Å². The fourth-order valence-electron chi connectivity index (χ4n) is 0.597. The van der Waals surface area contributed by atoms with E-state index < -0.39 is 0 Å². The first-order valence-corrected chi connectivity index (χ1v) is 3.81. The third-order valence-electron chi connectivity index (χ3n) is 1.09. The molecule has 0 heterocycles. The maximum absolute atomic E-state index is 10.2. The molecule has 2 nitrogen and oxygen atoms in total. The Hall–Kier alpha value is -0.0900. The molecule has 0 fully saturated rings. The topological polar surface area (TPSA) is 39.7 Å². The highest BCUT2D eigenvalue weighted by atomic mass is 79.9. The first-order valence-electron chi connectivity index (χ1n) is 2.64. The van der Waals surface area contributed by atoms with E-state index in [0.717, 1.165) is 9.95 Å². The second-order valence-corrected chi connectivity index (χ2v) is 3.11. The molecule has 0 spiro atoms. The van der Waals surface area contributed by atoms with Crippen LogP contribution in [0.15, 0.2) is 22.7 Å². The summed E-state index contributed by atoms with van der Waals surface area (Å²) < 4.78 is 0.878. The van der Waals surface area contributed by atoms with Crippen LogP contribution in [0.1, 0.15) is 0 Å². The van der Waals surface area contributed by atoms with Crippen LogP contribution in [0.3, 0.4) is 0 Å². The molecule has 4 heteroatoms. The summed E-state index contributed by atoms with van der Waals surface area (Å²) >= 11 is 8.89. The molecular formula is C6H5BrClNO. The Kier molecular flexibility index (Phi) is 2.68. The van der Waals surface area contributed by atoms with Gasteiger partial charge in [0.25, 0.3) is 0 Å². The summed E-state index contributed by atoms with van der Waals surface area (Å²) in [5, 5.41) is 10.7. The van der Waals surface area contributed by atoms with Crippen molar-refractivity contribution >= 4 is 33.2 Å². The van der Waals surface area contributed by atoms with Crippen molar-refractivity contribution in [2.75, 3.05) is 0 Å². The molecule has 1 aromatic carbocycles. The van der Waals surface area contributed by atoms with Crippen molar-refractivity contribution in [2.24, 2.45) is 0 Å². The van der Waals surface area contributed by atoms with E-state index in [-0.39, 0.29) is 0 Å². The van der Waals surface area contributed by atoms with E-state index in [1.165, 1.54) is 0 Å². The molecule has 0 aliphatic rings. The van der Waals surface area contributed by atoms with Crippen LogP contribution in [-0.2, 0) is 0 Å². The number of halogens is 2. The lowest BCUT2D eigenvalue weighted by molar-refractivity contribution is -0.497. The molecule has 0 radical (unpaired) electrons. The van der Waals surface area contributed by atoms with E-state index >= 15 is 0 Å². The van der Waals surface area contributed by atoms with E-state index in [2.05, 4.69) is 15.9 Å². The molecule has 0 amide bonds. The van der Waals surface area contributed by atoms with Crippen molar-refractivity contribution in [1.29, 1.82) is 0 Å². The van der Waals surface area contributed by atoms with Gasteiger partial charge in [-0.05, 0) is 12.1 Å². The zero-order valence-electron chi connectivity index (χ0n) is 4.97. The van der Waals surface area contributed by atoms with Crippen molar-refractivity contribution in [2.45, 2.75) is 0 Å². The zero-order valence-corrected chi connectivity index (χ0v) is 7.32. The van der Waals surface area contributed by atoms with E-state index in [4.69, 9.17) is 11.6 Å². The molecule has 0 aliphatic carbocycles. The van der Waals surface area contributed by atoms with Gasteiger partial charge in [0, 0.05) is 10.5 Å². The molecule has 0 bridgehead atoms. The van der Waals surface area contributed by atoms with E-state index in [1.807, 2.05) is 0 Å². The fourth-order valence-corrected chi connectivity index (χ4v) is 1.32. The molecular weight excluding hydrogens is 217 g/mol. The van der Waals surface area contributed by atoms with Gasteiger partial charge < -0.3 is 10.7 Å². The normalized spacial score (nSPS) is 9.90. The van der Waals surface area contributed by atoms with E-state index in [9.17, 15) is 5.21 Å². The second kappa shape index (κ2) is 3.34. The number of nitrogens with two attached hydrogens (primary N) is 1. The van der Waals surface area contributed by atoms with Crippen LogP contribution in [0.2, 0.25) is 5.02 Å². The summed E-state index contributed by atoms with van der Waals surface area (Å²) in [6.07, 6.45) is 0. The van der Waals surface area contributed by atoms with Gasteiger partial charge >= 0.3 is 0 Å². The van der Waals surface area contributed by atoms with Gasteiger partial charge in [0.15, 0.2) is 0 Å². The van der Waals surface area contributed by atoms with E-state index in [1.54, 1.807) is 18.2 Å². The van der Waals surface area contributed by atoms with Crippen LogP contribution in [0, 0.1) is 5.21 Å². The van der Waals surface area contributed by atoms with Gasteiger partial charge in [-0.15, -0.1) is 0 Å². The van der Waals surface area contributed by atoms with Gasteiger partial charge in [-0.25, -0.2) is 0 Å². The first kappa shape index (κ1) is 8.01. The number of hydrogen-bond donors (Lipinski definition) is 1. The van der Waals surface area contributed by atoms with Crippen LogP contribution in [0.5, 0.6) is 0 Å². The summed E-state index contributed by atoms with van der Waals surface area (Å²) in [6, 6.07) is 5.13. The van der Waals surface area contributed by atoms with Gasteiger partial charge in [0.2, 0.25) is 0 Å². The summed E-state index contributed by atoms with van der Waals surface area (Å²) in [5.41, 5.74) is 1.25. The van der Waals surface area contributed by atoms with Crippen LogP contribution in [0.25, 0.3) is 0 Å². The van der Waals surface area contributed by atoms with Crippen molar-refractivity contribution in [3.8, 4) is 0 Å². The molecule has 0 aromatic heterocycles. The summed E-state index contributed by atoms with van der Waals surface area (Å²) in [7, 11) is 0. The van der Waals surface area contributed by atoms with Crippen molar-refractivity contribution in [3.63, 3.8) is 0 Å². The minimum Gasteiger partial charge on any atom is -0.630 e. The van der Waals surface area contributed by atoms with Gasteiger partial charge in [0.1, 0.15) is 10.7 Å². The largest absolute Gasteiger partial charge is 0.630 e. The second-order valence-electron chi connectivity index (χ2n) is 1.78. The lowest BCUT2D eigenvalue weighted by Gasteiger charge is -2.02. The van der Waals surface area contributed by atoms with Crippen molar-refractivity contribution in [3.05, 3.63) is 32.9 Å². The monoisotopic (exact) mass is 221 g/mol. The summed E-state index contributed by atoms with van der Waals surface area (Å²) in [4.78, 5) is 0. The quantitative estimate of drug-likeness (QED) is 0.571. The van der Waals surface area contributed by atoms with Crippen LogP contribution < -0.4 is 5.48 Å². The molecule has 0 saturated heterocycles. The smallest absolute Gasteiger partial charge is 0.148 e. The Balaban J connectivity index is 3.07. The average Bonchev–Trinajstić information content (AvgIpc) is 1.88. The van der Waals surface area contributed by atoms with Gasteiger partial charge in [0.05, 0.1) is 0 Å². The molecule has 0 saturated carbocycles. The fraction of sp³-hybridized carbons (Fsp3) is 0. The summed E-state index contributed by atoms with van der Waals surface area (Å²) in [5.74, 6) is 0. The van der Waals surface area contributed by atoms with Gasteiger partial charge in [-0.2, -0.15) is 0 Å². The van der Waals surface area contributed by atoms with Gasteiger partial charge in [-0.3, -0.25) is 0 Å². The van der Waals surface area contributed by atoms with Crippen LogP contribution >= 0.6 is 27.5 Å². The molecule has 1 aromatic rings. The molecule has 0 atom stereocenters. The Bertz CT molecular complexity index is 241. The Morgan fingerprint density at radius 3 is 2.70 bits per heavy atom. The Labute approximate surface area is 71.9 Å². The average molecular weight is 222 g/mol. The third-order valence-corrected chi connectivity index (χ3v) is 1.91. The molecule has 54 valence electrons. The zero-order chi connectivity index (χ0) is 7.56. The highest BCUT2D eigenvalue weighted by Crippen LogP contribution is 2.21. The highest BCUT2D eigenvalue weighted by molar-refractivity contribution is 9.10. The van der Waals surface area contributed by atoms with Crippen LogP contribution in [0.4, 0.5) is 5.69 Å². The first-order chi connectivity index (χ1) is 4.74. The SMILES string of the molecule is [O-][NH2+]c1ccc(Br)cc1Cl. The minimum absolute atomic E-state index is 0.476. The molecule has 0 aliphatic heterocycles. The predicted octanol–water partition coefficient (Wildman–Crippen LogP) is 1.80. The molecule has 1 rings (SSSR count). The maximum Gasteiger partial charge on any atom is 0.148 e. The number of hydrogen-bond acceptors (Lipinski definition) is 1. The number of benzene rings is 1. The van der Waals surface area contributed by atoms with Crippen molar-refractivity contribution in [1.82, 2.24) is 0 Å².